The topological polar surface area (TPSA) is 38.8 Å². The number of likely N-dealkylation sites (tertiary alicyclic amines) is 1. The first kappa shape index (κ1) is 18.3. The molecule has 142 valence electrons. The summed E-state index contributed by atoms with van der Waals surface area (Å²) in [7, 11) is 0. The Labute approximate surface area is 158 Å². The van der Waals surface area contributed by atoms with E-state index in [1.54, 1.807) is 18.2 Å². The normalized spacial score (nSPS) is 25.4. The number of rotatable bonds is 5. The average Bonchev–Trinajstić information content (AvgIpc) is 3.06. The van der Waals surface area contributed by atoms with Crippen molar-refractivity contribution in [3.63, 3.8) is 0 Å². The van der Waals surface area contributed by atoms with Gasteiger partial charge in [-0.3, -0.25) is 4.79 Å². The van der Waals surface area contributed by atoms with Crippen molar-refractivity contribution in [2.24, 2.45) is 5.92 Å². The minimum absolute atomic E-state index is 0.0212. The fourth-order valence-electron chi connectivity index (χ4n) is 4.06. The van der Waals surface area contributed by atoms with Crippen molar-refractivity contribution in [2.75, 3.05) is 38.7 Å². The molecule has 1 atom stereocenters. The first-order chi connectivity index (χ1) is 12.6. The van der Waals surface area contributed by atoms with Crippen LogP contribution in [0, 0.1) is 11.7 Å². The van der Waals surface area contributed by atoms with E-state index in [9.17, 15) is 9.18 Å². The van der Waals surface area contributed by atoms with E-state index in [0.717, 1.165) is 57.9 Å². The summed E-state index contributed by atoms with van der Waals surface area (Å²) in [5.41, 5.74) is 0.482. The number of hydrogen-bond donors (Lipinski definition) is 0. The molecule has 3 fully saturated rings. The molecule has 0 bridgehead atoms. The van der Waals surface area contributed by atoms with E-state index in [-0.39, 0.29) is 22.9 Å². The maximum absolute atomic E-state index is 13.7. The van der Waals surface area contributed by atoms with Crippen LogP contribution < -0.4 is 0 Å². The van der Waals surface area contributed by atoms with Crippen molar-refractivity contribution < 1.29 is 18.7 Å². The van der Waals surface area contributed by atoms with Gasteiger partial charge in [-0.1, -0.05) is 18.2 Å². The Kier molecular flexibility index (Phi) is 5.53. The van der Waals surface area contributed by atoms with Gasteiger partial charge >= 0.3 is 0 Å². The summed E-state index contributed by atoms with van der Waals surface area (Å²) in [6.07, 6.45) is 3.67. The number of thioether (sulfide) groups is 1. The van der Waals surface area contributed by atoms with Crippen LogP contribution in [-0.4, -0.2) is 60.3 Å². The minimum Gasteiger partial charge on any atom is -0.381 e. The molecule has 3 aliphatic rings. The van der Waals surface area contributed by atoms with Gasteiger partial charge in [0.1, 0.15) is 5.82 Å². The van der Waals surface area contributed by atoms with E-state index in [2.05, 4.69) is 0 Å². The zero-order chi connectivity index (χ0) is 18.0. The van der Waals surface area contributed by atoms with E-state index in [1.807, 2.05) is 16.7 Å². The lowest BCUT2D eigenvalue weighted by Crippen LogP contribution is -2.61. The molecular formula is C20H26FNO3S. The third-order valence-electron chi connectivity index (χ3n) is 5.69. The Morgan fingerprint density at radius 3 is 2.85 bits per heavy atom. The van der Waals surface area contributed by atoms with Gasteiger partial charge in [0.15, 0.2) is 0 Å². The van der Waals surface area contributed by atoms with E-state index in [4.69, 9.17) is 9.47 Å². The number of nitrogens with zero attached hydrogens (tertiary/aromatic N) is 1. The van der Waals surface area contributed by atoms with Crippen LogP contribution in [0.15, 0.2) is 24.3 Å². The standard InChI is InChI=1S/C20H26FNO3S/c21-18-4-2-1-3-16(18)9-19(23)22-13-20(14-22)10-17(12-26-20)25-11-15-5-7-24-8-6-15/h1-4,15,17H,5-14H2/t17-/m1/s1. The highest BCUT2D eigenvalue weighted by molar-refractivity contribution is 8.01. The highest BCUT2D eigenvalue weighted by Gasteiger charge is 2.50. The molecule has 1 amide bonds. The molecule has 0 N–H and O–H groups in total. The summed E-state index contributed by atoms with van der Waals surface area (Å²) in [6, 6.07) is 6.52. The van der Waals surface area contributed by atoms with Crippen LogP contribution in [0.2, 0.25) is 0 Å². The van der Waals surface area contributed by atoms with E-state index in [1.165, 1.54) is 6.07 Å². The summed E-state index contributed by atoms with van der Waals surface area (Å²) in [5.74, 6) is 1.37. The van der Waals surface area contributed by atoms with Gasteiger partial charge in [-0.15, -0.1) is 11.8 Å². The van der Waals surface area contributed by atoms with Gasteiger partial charge in [-0.2, -0.15) is 0 Å². The first-order valence-corrected chi connectivity index (χ1v) is 10.5. The van der Waals surface area contributed by atoms with Gasteiger partial charge in [0.25, 0.3) is 0 Å². The van der Waals surface area contributed by atoms with E-state index < -0.39 is 0 Å². The number of benzene rings is 1. The second kappa shape index (κ2) is 7.87. The number of hydrogen-bond acceptors (Lipinski definition) is 4. The van der Waals surface area contributed by atoms with Gasteiger partial charge in [-0.05, 0) is 36.8 Å². The van der Waals surface area contributed by atoms with E-state index in [0.29, 0.717) is 17.6 Å². The summed E-state index contributed by atoms with van der Waals surface area (Å²) >= 11 is 1.94. The molecular weight excluding hydrogens is 353 g/mol. The minimum atomic E-state index is -0.298. The molecule has 3 saturated heterocycles. The van der Waals surface area contributed by atoms with Crippen molar-refractivity contribution in [1.29, 1.82) is 0 Å². The zero-order valence-electron chi connectivity index (χ0n) is 15.0. The average molecular weight is 379 g/mol. The molecule has 3 heterocycles. The molecule has 4 nitrogen and oxygen atoms in total. The van der Waals surface area contributed by atoms with Crippen molar-refractivity contribution in [3.05, 3.63) is 35.6 Å². The number of ether oxygens (including phenoxy) is 2. The molecule has 0 aromatic heterocycles. The van der Waals surface area contributed by atoms with Crippen LogP contribution in [0.3, 0.4) is 0 Å². The maximum atomic E-state index is 13.7. The first-order valence-electron chi connectivity index (χ1n) is 9.48. The molecule has 1 spiro atoms. The molecule has 0 radical (unpaired) electrons. The number of halogens is 1. The Bertz CT molecular complexity index is 644. The highest BCUT2D eigenvalue weighted by Crippen LogP contribution is 2.46. The Hall–Kier alpha value is -1.11. The largest absolute Gasteiger partial charge is 0.381 e. The SMILES string of the molecule is O=C(Cc1ccccc1F)N1CC2(C[C@@H](OCC3CCOCC3)CS2)C1. The van der Waals surface area contributed by atoms with Crippen molar-refractivity contribution in [1.82, 2.24) is 4.90 Å². The van der Waals surface area contributed by atoms with Crippen LogP contribution in [0.25, 0.3) is 0 Å². The second-order valence-electron chi connectivity index (χ2n) is 7.73. The van der Waals surface area contributed by atoms with Crippen molar-refractivity contribution in [2.45, 2.75) is 36.5 Å². The lowest BCUT2D eigenvalue weighted by atomic mass is 9.92. The van der Waals surface area contributed by atoms with Crippen LogP contribution in [0.4, 0.5) is 4.39 Å². The van der Waals surface area contributed by atoms with Crippen LogP contribution in [-0.2, 0) is 20.7 Å². The van der Waals surface area contributed by atoms with Gasteiger partial charge < -0.3 is 14.4 Å². The number of amides is 1. The molecule has 0 aliphatic carbocycles. The smallest absolute Gasteiger partial charge is 0.227 e. The lowest BCUT2D eigenvalue weighted by Gasteiger charge is -2.47. The van der Waals surface area contributed by atoms with Crippen LogP contribution >= 0.6 is 11.8 Å². The Morgan fingerprint density at radius 1 is 1.31 bits per heavy atom. The molecule has 6 heteroatoms. The number of carbonyl (C=O) groups is 1. The van der Waals surface area contributed by atoms with Gasteiger partial charge in [0.2, 0.25) is 5.91 Å². The second-order valence-corrected chi connectivity index (χ2v) is 9.22. The Balaban J connectivity index is 1.21. The van der Waals surface area contributed by atoms with Gasteiger partial charge in [0.05, 0.1) is 17.3 Å². The summed E-state index contributed by atoms with van der Waals surface area (Å²) in [6.45, 7) is 4.08. The molecule has 0 saturated carbocycles. The zero-order valence-corrected chi connectivity index (χ0v) is 15.8. The van der Waals surface area contributed by atoms with Crippen LogP contribution in [0.1, 0.15) is 24.8 Å². The molecule has 1 aromatic carbocycles. The van der Waals surface area contributed by atoms with Crippen molar-refractivity contribution >= 4 is 17.7 Å². The van der Waals surface area contributed by atoms with E-state index >= 15 is 0 Å². The quantitative estimate of drug-likeness (QED) is 0.789. The third-order valence-corrected chi connectivity index (χ3v) is 7.27. The van der Waals surface area contributed by atoms with Gasteiger partial charge in [0, 0.05) is 38.7 Å². The molecule has 0 unspecified atom stereocenters. The highest BCUT2D eigenvalue weighted by atomic mass is 32.2. The molecule has 3 aliphatic heterocycles. The van der Waals surface area contributed by atoms with Gasteiger partial charge in [-0.25, -0.2) is 4.39 Å². The van der Waals surface area contributed by atoms with Crippen LogP contribution in [0.5, 0.6) is 0 Å². The number of carbonyl (C=O) groups excluding carboxylic acids is 1. The van der Waals surface area contributed by atoms with Crippen molar-refractivity contribution in [3.8, 4) is 0 Å². The predicted octanol–water partition coefficient (Wildman–Crippen LogP) is 2.90. The molecule has 26 heavy (non-hydrogen) atoms. The third kappa shape index (κ3) is 4.07. The Morgan fingerprint density at radius 2 is 2.08 bits per heavy atom. The summed E-state index contributed by atoms with van der Waals surface area (Å²) in [5, 5.41) is 0. The predicted molar refractivity (Wildman–Crippen MR) is 99.8 cm³/mol. The summed E-state index contributed by atoms with van der Waals surface area (Å²) in [4.78, 5) is 14.3. The fraction of sp³-hybridized carbons (Fsp3) is 0.650. The molecule has 1 aromatic rings. The maximum Gasteiger partial charge on any atom is 0.227 e. The fourth-order valence-corrected chi connectivity index (χ4v) is 5.61. The lowest BCUT2D eigenvalue weighted by molar-refractivity contribution is -0.136. The summed E-state index contributed by atoms with van der Waals surface area (Å²) < 4.78 is 25.4. The monoisotopic (exact) mass is 379 g/mol. The molecule has 4 rings (SSSR count).